The number of hydrogen-bond acceptors (Lipinski definition) is 5. The van der Waals surface area contributed by atoms with Crippen LogP contribution in [0.1, 0.15) is 39.4 Å². The predicted octanol–water partition coefficient (Wildman–Crippen LogP) is 0.944. The summed E-state index contributed by atoms with van der Waals surface area (Å²) in [5, 5.41) is 15.2. The van der Waals surface area contributed by atoms with E-state index in [0.717, 1.165) is 25.2 Å². The normalized spacial score (nSPS) is 12.0. The van der Waals surface area contributed by atoms with Gasteiger partial charge in [-0.3, -0.25) is 0 Å². The molecule has 1 N–H and O–H groups in total. The number of nitrogens with one attached hydrogen (secondary N) is 1. The molecule has 0 saturated carbocycles. The zero-order valence-electron chi connectivity index (χ0n) is 11.2. The van der Waals surface area contributed by atoms with Crippen molar-refractivity contribution >= 4 is 0 Å². The maximum atomic E-state index is 4.98. The molecule has 0 aliphatic heterocycles. The first-order chi connectivity index (χ1) is 8.11. The van der Waals surface area contributed by atoms with E-state index in [1.165, 1.54) is 0 Å². The van der Waals surface area contributed by atoms with Crippen molar-refractivity contribution in [3.63, 3.8) is 0 Å². The van der Waals surface area contributed by atoms with Crippen molar-refractivity contribution in [2.75, 3.05) is 20.3 Å². The molecule has 0 fully saturated rings. The quantitative estimate of drug-likeness (QED) is 0.686. The number of methoxy groups -OCH3 is 1. The maximum absolute atomic E-state index is 4.98. The molecular formula is C11H23N5O. The lowest BCUT2D eigenvalue weighted by molar-refractivity contribution is 0.198. The van der Waals surface area contributed by atoms with Crippen LogP contribution in [0.15, 0.2) is 0 Å². The molecule has 1 rings (SSSR count). The van der Waals surface area contributed by atoms with Crippen LogP contribution in [0.2, 0.25) is 0 Å². The van der Waals surface area contributed by atoms with Gasteiger partial charge in [0, 0.05) is 13.7 Å². The Labute approximate surface area is 103 Å². The first-order valence-electron chi connectivity index (χ1n) is 6.09. The van der Waals surface area contributed by atoms with E-state index in [-0.39, 0.29) is 5.54 Å². The molecule has 0 unspecified atom stereocenters. The van der Waals surface area contributed by atoms with E-state index >= 15 is 0 Å². The molecule has 0 bridgehead atoms. The van der Waals surface area contributed by atoms with E-state index in [4.69, 9.17) is 4.74 Å². The van der Waals surface area contributed by atoms with Crippen molar-refractivity contribution in [1.29, 1.82) is 0 Å². The number of rotatable bonds is 8. The number of nitrogens with zero attached hydrogens (tertiary/aromatic N) is 4. The fourth-order valence-electron chi connectivity index (χ4n) is 1.88. The van der Waals surface area contributed by atoms with E-state index in [1.807, 2.05) is 4.68 Å². The highest BCUT2D eigenvalue weighted by Crippen LogP contribution is 2.20. The van der Waals surface area contributed by atoms with Gasteiger partial charge in [0.05, 0.1) is 18.7 Å². The monoisotopic (exact) mass is 241 g/mol. The third-order valence-electron chi connectivity index (χ3n) is 2.74. The van der Waals surface area contributed by atoms with Crippen molar-refractivity contribution in [3.05, 3.63) is 5.82 Å². The van der Waals surface area contributed by atoms with Crippen LogP contribution in [0.4, 0.5) is 0 Å². The van der Waals surface area contributed by atoms with Crippen LogP contribution in [0, 0.1) is 0 Å². The summed E-state index contributed by atoms with van der Waals surface area (Å²) in [6.07, 6.45) is 2.17. The average Bonchev–Trinajstić information content (AvgIpc) is 2.73. The zero-order chi connectivity index (χ0) is 12.7. The molecule has 1 heterocycles. The van der Waals surface area contributed by atoms with E-state index in [9.17, 15) is 0 Å². The van der Waals surface area contributed by atoms with Crippen molar-refractivity contribution in [3.8, 4) is 0 Å². The smallest absolute Gasteiger partial charge is 0.165 e. The van der Waals surface area contributed by atoms with Gasteiger partial charge in [-0.15, -0.1) is 5.10 Å². The van der Waals surface area contributed by atoms with Gasteiger partial charge in [0.15, 0.2) is 5.82 Å². The van der Waals surface area contributed by atoms with Gasteiger partial charge in [-0.05, 0) is 30.7 Å². The van der Waals surface area contributed by atoms with Gasteiger partial charge in [-0.2, -0.15) is 0 Å². The minimum absolute atomic E-state index is 0.0312. The Bertz CT molecular complexity index is 323. The average molecular weight is 241 g/mol. The Morgan fingerprint density at radius 1 is 1.41 bits per heavy atom. The van der Waals surface area contributed by atoms with Gasteiger partial charge in [-0.25, -0.2) is 4.68 Å². The predicted molar refractivity (Wildman–Crippen MR) is 65.6 cm³/mol. The van der Waals surface area contributed by atoms with Crippen LogP contribution in [0.3, 0.4) is 0 Å². The van der Waals surface area contributed by atoms with Gasteiger partial charge in [0.25, 0.3) is 0 Å². The first-order valence-corrected chi connectivity index (χ1v) is 6.09. The van der Waals surface area contributed by atoms with E-state index in [0.29, 0.717) is 13.2 Å². The molecular weight excluding hydrogens is 218 g/mol. The SMILES string of the molecule is CCCC(C)(C)n1nnnc1CNCCOC. The molecule has 0 radical (unpaired) electrons. The lowest BCUT2D eigenvalue weighted by atomic mass is 9.99. The molecule has 0 aliphatic rings. The Hall–Kier alpha value is -1.01. The fraction of sp³-hybridized carbons (Fsp3) is 0.909. The van der Waals surface area contributed by atoms with Gasteiger partial charge in [0.2, 0.25) is 0 Å². The van der Waals surface area contributed by atoms with Gasteiger partial charge < -0.3 is 10.1 Å². The Balaban J connectivity index is 2.59. The summed E-state index contributed by atoms with van der Waals surface area (Å²) in [4.78, 5) is 0. The Kier molecular flexibility index (Phi) is 5.50. The number of ether oxygens (including phenoxy) is 1. The Morgan fingerprint density at radius 3 is 2.82 bits per heavy atom. The third kappa shape index (κ3) is 4.05. The minimum atomic E-state index is -0.0312. The maximum Gasteiger partial charge on any atom is 0.165 e. The molecule has 6 nitrogen and oxygen atoms in total. The molecule has 0 aromatic carbocycles. The van der Waals surface area contributed by atoms with Gasteiger partial charge in [-0.1, -0.05) is 13.3 Å². The number of aromatic nitrogens is 4. The van der Waals surface area contributed by atoms with Gasteiger partial charge in [0.1, 0.15) is 0 Å². The second-order valence-electron chi connectivity index (χ2n) is 4.74. The molecule has 1 aromatic heterocycles. The molecule has 0 amide bonds. The van der Waals surface area contributed by atoms with Gasteiger partial charge >= 0.3 is 0 Å². The summed E-state index contributed by atoms with van der Waals surface area (Å²) in [6.45, 7) is 8.65. The number of tetrazole rings is 1. The molecule has 0 spiro atoms. The highest BCUT2D eigenvalue weighted by Gasteiger charge is 2.23. The first kappa shape index (κ1) is 14.1. The molecule has 0 aliphatic carbocycles. The summed E-state index contributed by atoms with van der Waals surface area (Å²) in [5.74, 6) is 0.875. The van der Waals surface area contributed by atoms with E-state index in [1.54, 1.807) is 7.11 Å². The van der Waals surface area contributed by atoms with Crippen LogP contribution in [0.25, 0.3) is 0 Å². The van der Waals surface area contributed by atoms with E-state index < -0.39 is 0 Å². The molecule has 6 heteroatoms. The summed E-state index contributed by atoms with van der Waals surface area (Å²) in [7, 11) is 1.69. The molecule has 0 atom stereocenters. The number of hydrogen-bond donors (Lipinski definition) is 1. The van der Waals surface area contributed by atoms with Crippen molar-refractivity contribution in [2.45, 2.75) is 45.7 Å². The molecule has 0 saturated heterocycles. The van der Waals surface area contributed by atoms with E-state index in [2.05, 4.69) is 41.6 Å². The molecule has 1 aromatic rings. The summed E-state index contributed by atoms with van der Waals surface area (Å²) >= 11 is 0. The fourth-order valence-corrected chi connectivity index (χ4v) is 1.88. The second-order valence-corrected chi connectivity index (χ2v) is 4.74. The molecule has 17 heavy (non-hydrogen) atoms. The van der Waals surface area contributed by atoms with Crippen molar-refractivity contribution in [1.82, 2.24) is 25.5 Å². The van der Waals surface area contributed by atoms with Crippen LogP contribution in [0.5, 0.6) is 0 Å². The Morgan fingerprint density at radius 2 is 2.18 bits per heavy atom. The zero-order valence-corrected chi connectivity index (χ0v) is 11.2. The minimum Gasteiger partial charge on any atom is -0.383 e. The third-order valence-corrected chi connectivity index (χ3v) is 2.74. The summed E-state index contributed by atoms with van der Waals surface area (Å²) < 4.78 is 6.89. The topological polar surface area (TPSA) is 64.9 Å². The standard InChI is InChI=1S/C11H23N5O/c1-5-6-11(2,3)16-10(13-14-15-16)9-12-7-8-17-4/h12H,5-9H2,1-4H3. The van der Waals surface area contributed by atoms with Crippen LogP contribution >= 0.6 is 0 Å². The second kappa shape index (κ2) is 6.66. The molecule has 98 valence electrons. The van der Waals surface area contributed by atoms with Crippen LogP contribution < -0.4 is 5.32 Å². The lowest BCUT2D eigenvalue weighted by Crippen LogP contribution is -2.31. The highest BCUT2D eigenvalue weighted by molar-refractivity contribution is 4.88. The summed E-state index contributed by atoms with van der Waals surface area (Å²) in [5.41, 5.74) is -0.0312. The van der Waals surface area contributed by atoms with Crippen molar-refractivity contribution < 1.29 is 4.74 Å². The largest absolute Gasteiger partial charge is 0.383 e. The van der Waals surface area contributed by atoms with Crippen LogP contribution in [-0.2, 0) is 16.8 Å². The van der Waals surface area contributed by atoms with Crippen LogP contribution in [-0.4, -0.2) is 40.5 Å². The van der Waals surface area contributed by atoms with Crippen molar-refractivity contribution in [2.24, 2.45) is 0 Å². The summed E-state index contributed by atoms with van der Waals surface area (Å²) in [6, 6.07) is 0. The lowest BCUT2D eigenvalue weighted by Gasteiger charge is -2.25. The highest BCUT2D eigenvalue weighted by atomic mass is 16.5.